The minimum absolute atomic E-state index is 0.0602. The van der Waals surface area contributed by atoms with Gasteiger partial charge < -0.3 is 37.9 Å². The Morgan fingerprint density at radius 3 is 2.71 bits per heavy atom. The van der Waals surface area contributed by atoms with Gasteiger partial charge in [-0.3, -0.25) is 0 Å². The Bertz CT molecular complexity index is 926. The van der Waals surface area contributed by atoms with Crippen LogP contribution >= 0.6 is 0 Å². The molecule has 194 valence electrons. The fourth-order valence-electron chi connectivity index (χ4n) is 4.68. The Morgan fingerprint density at radius 2 is 2.00 bits per heavy atom. The summed E-state index contributed by atoms with van der Waals surface area (Å²) in [6.45, 7) is 5.56. The van der Waals surface area contributed by atoms with Crippen LogP contribution in [0, 0.1) is 11.8 Å². The number of methoxy groups -OCH3 is 2. The van der Waals surface area contributed by atoms with Crippen molar-refractivity contribution in [2.24, 2.45) is 11.8 Å². The van der Waals surface area contributed by atoms with Crippen molar-refractivity contribution in [1.82, 2.24) is 4.98 Å². The van der Waals surface area contributed by atoms with Gasteiger partial charge in [0.05, 0.1) is 50.4 Å². The van der Waals surface area contributed by atoms with Gasteiger partial charge in [0.15, 0.2) is 0 Å². The minimum atomic E-state index is -0.732. The van der Waals surface area contributed by atoms with E-state index in [1.807, 2.05) is 19.9 Å². The van der Waals surface area contributed by atoms with Gasteiger partial charge in [-0.05, 0) is 38.8 Å². The van der Waals surface area contributed by atoms with E-state index in [-0.39, 0.29) is 42.4 Å². The summed E-state index contributed by atoms with van der Waals surface area (Å²) in [5, 5.41) is 9.85. The lowest BCUT2D eigenvalue weighted by Gasteiger charge is -2.37. The van der Waals surface area contributed by atoms with E-state index in [1.165, 1.54) is 19.3 Å². The fourth-order valence-corrected chi connectivity index (χ4v) is 4.68. The number of aliphatic hydroxyl groups excluding tert-OH is 1. The molecule has 4 heterocycles. The molecule has 3 saturated heterocycles. The van der Waals surface area contributed by atoms with E-state index in [2.05, 4.69) is 9.72 Å². The van der Waals surface area contributed by atoms with Crippen LogP contribution < -0.4 is 0 Å². The molecule has 0 spiro atoms. The van der Waals surface area contributed by atoms with E-state index in [1.54, 1.807) is 20.2 Å². The molecule has 0 radical (unpaired) electrons. The molecule has 1 unspecified atom stereocenters. The lowest BCUT2D eigenvalue weighted by atomic mass is 9.85. The second-order valence-electron chi connectivity index (χ2n) is 9.48. The number of fused-ring (bicyclic) bond motifs is 1. The molecule has 1 aromatic heterocycles. The first kappa shape index (κ1) is 26.0. The smallest absolute Gasteiger partial charge is 0.330 e. The van der Waals surface area contributed by atoms with Crippen molar-refractivity contribution >= 4 is 18.1 Å². The van der Waals surface area contributed by atoms with Crippen molar-refractivity contribution in [3.8, 4) is 0 Å². The quantitative estimate of drug-likeness (QED) is 0.296. The number of esters is 1. The van der Waals surface area contributed by atoms with Gasteiger partial charge in [-0.1, -0.05) is 12.5 Å². The summed E-state index contributed by atoms with van der Waals surface area (Å²) in [6, 6.07) is 0. The van der Waals surface area contributed by atoms with E-state index in [4.69, 9.17) is 28.1 Å². The van der Waals surface area contributed by atoms with Crippen molar-refractivity contribution in [1.29, 1.82) is 0 Å². The van der Waals surface area contributed by atoms with Crippen LogP contribution in [-0.4, -0.2) is 80.0 Å². The summed E-state index contributed by atoms with van der Waals surface area (Å²) in [6.07, 6.45) is 6.61. The third kappa shape index (κ3) is 6.38. The van der Waals surface area contributed by atoms with Crippen LogP contribution in [0.4, 0.5) is 0 Å². The maximum absolute atomic E-state index is 11.2. The summed E-state index contributed by atoms with van der Waals surface area (Å²) in [5.74, 6) is 0.603. The monoisotopic (exact) mass is 493 g/mol. The molecule has 9 atom stereocenters. The van der Waals surface area contributed by atoms with Gasteiger partial charge in [0.1, 0.15) is 11.9 Å². The molecular weight excluding hydrogens is 458 g/mol. The normalized spacial score (nSPS) is 34.6. The molecule has 0 aromatic carbocycles. The Balaban J connectivity index is 1.36. The average molecular weight is 494 g/mol. The molecule has 0 aliphatic carbocycles. The van der Waals surface area contributed by atoms with Crippen LogP contribution in [0.15, 0.2) is 22.3 Å². The SMILES string of the molecule is COC(=O)/C=C/c1cnc(/C=C(\C)C[C@@H]2OC[C@H](C[C@@H]3O[C@H]3[C@@H](C)[C@H](C)O)[C@H]3OC(OC)O[C@H]32)o1. The lowest BCUT2D eigenvalue weighted by Crippen LogP contribution is -2.48. The van der Waals surface area contributed by atoms with Gasteiger partial charge in [-0.15, -0.1) is 0 Å². The first-order chi connectivity index (χ1) is 16.8. The molecule has 3 aliphatic rings. The van der Waals surface area contributed by atoms with Crippen molar-refractivity contribution < 1.29 is 42.7 Å². The number of aliphatic hydroxyl groups is 1. The molecular formula is C25H35NO9. The summed E-state index contributed by atoms with van der Waals surface area (Å²) >= 11 is 0. The van der Waals surface area contributed by atoms with Crippen LogP contribution in [0.3, 0.4) is 0 Å². The van der Waals surface area contributed by atoms with E-state index in [9.17, 15) is 9.90 Å². The molecule has 1 aromatic rings. The Kier molecular flexibility index (Phi) is 8.41. The molecule has 10 heteroatoms. The van der Waals surface area contributed by atoms with Gasteiger partial charge in [-0.2, -0.15) is 0 Å². The largest absolute Gasteiger partial charge is 0.466 e. The Labute approximate surface area is 205 Å². The Hall–Kier alpha value is -2.08. The zero-order valence-electron chi connectivity index (χ0n) is 20.8. The molecule has 10 nitrogen and oxygen atoms in total. The molecule has 35 heavy (non-hydrogen) atoms. The number of hydrogen-bond donors (Lipinski definition) is 1. The zero-order chi connectivity index (χ0) is 25.1. The van der Waals surface area contributed by atoms with Crippen LogP contribution in [-0.2, 0) is 33.2 Å². The van der Waals surface area contributed by atoms with Gasteiger partial charge >= 0.3 is 5.97 Å². The highest BCUT2D eigenvalue weighted by atomic mass is 16.9. The number of epoxide rings is 1. The van der Waals surface area contributed by atoms with Crippen LogP contribution in [0.25, 0.3) is 12.2 Å². The topological polar surface area (TPSA) is 122 Å². The number of oxazole rings is 1. The van der Waals surface area contributed by atoms with Gasteiger partial charge in [0, 0.05) is 25.0 Å². The van der Waals surface area contributed by atoms with Gasteiger partial charge in [-0.25, -0.2) is 9.78 Å². The second-order valence-corrected chi connectivity index (χ2v) is 9.48. The highest BCUT2D eigenvalue weighted by Gasteiger charge is 2.53. The van der Waals surface area contributed by atoms with Gasteiger partial charge in [0.2, 0.25) is 5.89 Å². The summed E-state index contributed by atoms with van der Waals surface area (Å²) < 4.78 is 39.7. The molecule has 3 aliphatic heterocycles. The van der Waals surface area contributed by atoms with Gasteiger partial charge in [0.25, 0.3) is 6.48 Å². The number of nitrogens with zero attached hydrogens (tertiary/aromatic N) is 1. The number of carbonyl (C=O) groups excluding carboxylic acids is 1. The fraction of sp³-hybridized carbons (Fsp3) is 0.680. The maximum Gasteiger partial charge on any atom is 0.330 e. The molecule has 4 rings (SSSR count). The first-order valence-corrected chi connectivity index (χ1v) is 12.0. The second kappa shape index (κ2) is 11.3. The highest BCUT2D eigenvalue weighted by molar-refractivity contribution is 5.86. The molecule has 1 N–H and O–H groups in total. The predicted octanol–water partition coefficient (Wildman–Crippen LogP) is 2.56. The standard InChI is InChI=1S/C25H35NO9/c1-13(9-20-26-11-17(32-20)6-7-21(28)29-4)8-18-24-23(34-25(30-5)35-24)16(12-31-18)10-19-22(33-19)14(2)15(3)27/h6-7,9,11,14-16,18-19,22-25,27H,8,10,12H2,1-5H3/b7-6+,13-9+/t14-,15-,16-,18-,19-,22-,23+,24-,25?/m0/s1. The molecule has 0 amide bonds. The third-order valence-corrected chi connectivity index (χ3v) is 6.86. The van der Waals surface area contributed by atoms with E-state index < -0.39 is 18.5 Å². The van der Waals surface area contributed by atoms with E-state index in [0.29, 0.717) is 24.7 Å². The number of aromatic nitrogens is 1. The van der Waals surface area contributed by atoms with E-state index >= 15 is 0 Å². The zero-order valence-corrected chi connectivity index (χ0v) is 20.8. The molecule has 0 saturated carbocycles. The van der Waals surface area contributed by atoms with Crippen molar-refractivity contribution in [3.05, 3.63) is 29.5 Å². The van der Waals surface area contributed by atoms with Crippen molar-refractivity contribution in [3.63, 3.8) is 0 Å². The van der Waals surface area contributed by atoms with Crippen molar-refractivity contribution in [2.75, 3.05) is 20.8 Å². The van der Waals surface area contributed by atoms with Crippen LogP contribution in [0.5, 0.6) is 0 Å². The molecule has 3 fully saturated rings. The predicted molar refractivity (Wildman–Crippen MR) is 124 cm³/mol. The van der Waals surface area contributed by atoms with Crippen LogP contribution in [0.1, 0.15) is 45.3 Å². The minimum Gasteiger partial charge on any atom is -0.466 e. The number of hydrogen-bond acceptors (Lipinski definition) is 10. The van der Waals surface area contributed by atoms with Crippen LogP contribution in [0.2, 0.25) is 0 Å². The van der Waals surface area contributed by atoms with Crippen molar-refractivity contribution in [2.45, 2.75) is 76.7 Å². The maximum atomic E-state index is 11.2. The third-order valence-electron chi connectivity index (χ3n) is 6.86. The molecule has 0 bridgehead atoms. The summed E-state index contributed by atoms with van der Waals surface area (Å²) in [7, 11) is 2.87. The summed E-state index contributed by atoms with van der Waals surface area (Å²) in [4.78, 5) is 15.5. The van der Waals surface area contributed by atoms with E-state index in [0.717, 1.165) is 12.0 Å². The lowest BCUT2D eigenvalue weighted by molar-refractivity contribution is -0.231. The number of rotatable bonds is 10. The summed E-state index contributed by atoms with van der Waals surface area (Å²) in [5.41, 5.74) is 0.998. The Morgan fingerprint density at radius 1 is 1.23 bits per heavy atom. The average Bonchev–Trinajstić information content (AvgIpc) is 3.23. The highest BCUT2D eigenvalue weighted by Crippen LogP contribution is 2.42. The first-order valence-electron chi connectivity index (χ1n) is 12.0. The number of carbonyl (C=O) groups is 1. The number of ether oxygens (including phenoxy) is 6.